The molecule has 7 heteroatoms. The highest BCUT2D eigenvalue weighted by atomic mass is 35.5. The van der Waals surface area contributed by atoms with Crippen molar-refractivity contribution in [1.82, 2.24) is 0 Å². The van der Waals surface area contributed by atoms with Gasteiger partial charge in [-0.1, -0.05) is 17.7 Å². The van der Waals surface area contributed by atoms with Crippen molar-refractivity contribution in [2.24, 2.45) is 11.5 Å². The quantitative estimate of drug-likeness (QED) is 0.871. The van der Waals surface area contributed by atoms with E-state index in [9.17, 15) is 13.2 Å². The second kappa shape index (κ2) is 5.72. The molecule has 0 aromatic heterocycles. The van der Waals surface area contributed by atoms with Crippen LogP contribution >= 0.6 is 24.0 Å². The van der Waals surface area contributed by atoms with Crippen LogP contribution in [0.1, 0.15) is 17.2 Å². The summed E-state index contributed by atoms with van der Waals surface area (Å²) in [5, 5.41) is 0.0234. The van der Waals surface area contributed by atoms with E-state index in [1.165, 1.54) is 12.1 Å². The van der Waals surface area contributed by atoms with Crippen LogP contribution in [0.5, 0.6) is 0 Å². The number of hydrogen-bond acceptors (Lipinski definition) is 2. The molecule has 92 valence electrons. The van der Waals surface area contributed by atoms with Gasteiger partial charge in [-0.05, 0) is 17.7 Å². The van der Waals surface area contributed by atoms with Gasteiger partial charge in [0.05, 0.1) is 5.56 Å². The summed E-state index contributed by atoms with van der Waals surface area (Å²) < 4.78 is 37.7. The zero-order valence-corrected chi connectivity index (χ0v) is 9.66. The summed E-state index contributed by atoms with van der Waals surface area (Å²) in [5.41, 5.74) is 9.84. The maximum atomic E-state index is 12.6. The molecule has 0 radical (unpaired) electrons. The summed E-state index contributed by atoms with van der Waals surface area (Å²) in [4.78, 5) is 0. The molecule has 0 unspecified atom stereocenters. The van der Waals surface area contributed by atoms with E-state index in [1.54, 1.807) is 0 Å². The first-order chi connectivity index (χ1) is 6.86. The van der Waals surface area contributed by atoms with Gasteiger partial charge in [-0.15, -0.1) is 12.4 Å². The van der Waals surface area contributed by atoms with Crippen molar-refractivity contribution in [2.75, 3.05) is 6.54 Å². The molecular formula is C9H11Cl2F3N2. The van der Waals surface area contributed by atoms with E-state index in [2.05, 4.69) is 0 Å². The van der Waals surface area contributed by atoms with Crippen molar-refractivity contribution in [2.45, 2.75) is 12.2 Å². The fraction of sp³-hybridized carbons (Fsp3) is 0.333. The molecule has 0 saturated heterocycles. The van der Waals surface area contributed by atoms with Crippen LogP contribution in [-0.4, -0.2) is 6.54 Å². The number of alkyl halides is 3. The summed E-state index contributed by atoms with van der Waals surface area (Å²) in [6.07, 6.45) is -4.47. The van der Waals surface area contributed by atoms with E-state index < -0.39 is 17.8 Å². The lowest BCUT2D eigenvalue weighted by Gasteiger charge is -2.17. The second-order valence-corrected chi connectivity index (χ2v) is 3.51. The van der Waals surface area contributed by atoms with Gasteiger partial charge in [-0.2, -0.15) is 13.2 Å². The SMILES string of the molecule is Cl.NC[C@@H](N)c1ccc(Cl)cc1C(F)(F)F. The van der Waals surface area contributed by atoms with Crippen molar-refractivity contribution in [3.05, 3.63) is 34.3 Å². The number of halogens is 5. The van der Waals surface area contributed by atoms with Gasteiger partial charge >= 0.3 is 6.18 Å². The Morgan fingerprint density at radius 1 is 1.31 bits per heavy atom. The molecule has 0 fully saturated rings. The molecule has 16 heavy (non-hydrogen) atoms. The molecule has 0 bridgehead atoms. The predicted octanol–water partition coefficient (Wildman–Crippen LogP) is 2.74. The van der Waals surface area contributed by atoms with E-state index in [1.807, 2.05) is 0 Å². The number of nitrogens with two attached hydrogens (primary N) is 2. The first-order valence-corrected chi connectivity index (χ1v) is 4.56. The third kappa shape index (κ3) is 3.52. The Morgan fingerprint density at radius 2 is 1.88 bits per heavy atom. The van der Waals surface area contributed by atoms with Crippen LogP contribution in [0.3, 0.4) is 0 Å². The molecule has 4 N–H and O–H groups in total. The molecule has 0 amide bonds. The average molecular weight is 275 g/mol. The fourth-order valence-electron chi connectivity index (χ4n) is 1.22. The maximum absolute atomic E-state index is 12.6. The lowest BCUT2D eigenvalue weighted by Crippen LogP contribution is -2.24. The molecule has 0 aliphatic rings. The fourth-order valence-corrected chi connectivity index (χ4v) is 1.40. The third-order valence-electron chi connectivity index (χ3n) is 1.97. The largest absolute Gasteiger partial charge is 0.416 e. The minimum absolute atomic E-state index is 0. The summed E-state index contributed by atoms with van der Waals surface area (Å²) >= 11 is 5.50. The Hall–Kier alpha value is -0.490. The Morgan fingerprint density at radius 3 is 2.31 bits per heavy atom. The number of rotatable bonds is 2. The molecule has 0 aliphatic carbocycles. The molecule has 0 saturated carbocycles. The minimum Gasteiger partial charge on any atom is -0.329 e. The lowest BCUT2D eigenvalue weighted by atomic mass is 10.0. The van der Waals surface area contributed by atoms with Gasteiger partial charge in [0.2, 0.25) is 0 Å². The van der Waals surface area contributed by atoms with Crippen molar-refractivity contribution < 1.29 is 13.2 Å². The van der Waals surface area contributed by atoms with Crippen molar-refractivity contribution in [1.29, 1.82) is 0 Å². The average Bonchev–Trinajstić information content (AvgIpc) is 2.15. The van der Waals surface area contributed by atoms with Gasteiger partial charge in [0.1, 0.15) is 0 Å². The highest BCUT2D eigenvalue weighted by Crippen LogP contribution is 2.35. The lowest BCUT2D eigenvalue weighted by molar-refractivity contribution is -0.138. The number of benzene rings is 1. The van der Waals surface area contributed by atoms with E-state index in [-0.39, 0.29) is 29.5 Å². The highest BCUT2D eigenvalue weighted by Gasteiger charge is 2.34. The second-order valence-electron chi connectivity index (χ2n) is 3.07. The van der Waals surface area contributed by atoms with Crippen molar-refractivity contribution in [3.63, 3.8) is 0 Å². The minimum atomic E-state index is -4.47. The molecule has 0 heterocycles. The monoisotopic (exact) mass is 274 g/mol. The summed E-state index contributed by atoms with van der Waals surface area (Å²) in [7, 11) is 0. The van der Waals surface area contributed by atoms with Crippen molar-refractivity contribution >= 4 is 24.0 Å². The molecule has 1 aromatic rings. The standard InChI is InChI=1S/C9H10ClF3N2.ClH/c10-5-1-2-6(8(15)4-14)7(3-5)9(11,12)13;/h1-3,8H,4,14-15H2;1H/t8-;/m1./s1. The van der Waals surface area contributed by atoms with Crippen LogP contribution in [0, 0.1) is 0 Å². The van der Waals surface area contributed by atoms with Gasteiger partial charge in [0.25, 0.3) is 0 Å². The normalized spacial score (nSPS) is 13.1. The topological polar surface area (TPSA) is 52.0 Å². The van der Waals surface area contributed by atoms with Gasteiger partial charge in [0.15, 0.2) is 0 Å². The summed E-state index contributed by atoms with van der Waals surface area (Å²) in [5.74, 6) is 0. The highest BCUT2D eigenvalue weighted by molar-refractivity contribution is 6.30. The van der Waals surface area contributed by atoms with E-state index in [4.69, 9.17) is 23.1 Å². The van der Waals surface area contributed by atoms with Crippen LogP contribution in [0.2, 0.25) is 5.02 Å². The van der Waals surface area contributed by atoms with Crippen LogP contribution < -0.4 is 11.5 Å². The molecule has 0 spiro atoms. The zero-order valence-electron chi connectivity index (χ0n) is 8.09. The Balaban J connectivity index is 0.00000225. The Bertz CT molecular complexity index is 355. The van der Waals surface area contributed by atoms with E-state index in [0.29, 0.717) is 0 Å². The zero-order chi connectivity index (χ0) is 11.6. The summed E-state index contributed by atoms with van der Waals surface area (Å²) in [6, 6.07) is 2.63. The summed E-state index contributed by atoms with van der Waals surface area (Å²) in [6.45, 7) is -0.0509. The smallest absolute Gasteiger partial charge is 0.329 e. The van der Waals surface area contributed by atoms with Gasteiger partial charge < -0.3 is 11.5 Å². The van der Waals surface area contributed by atoms with Gasteiger partial charge in [-0.25, -0.2) is 0 Å². The number of hydrogen-bond donors (Lipinski definition) is 2. The van der Waals surface area contributed by atoms with Crippen LogP contribution in [0.15, 0.2) is 18.2 Å². The van der Waals surface area contributed by atoms with Crippen LogP contribution in [0.25, 0.3) is 0 Å². The van der Waals surface area contributed by atoms with Gasteiger partial charge in [-0.3, -0.25) is 0 Å². The van der Waals surface area contributed by atoms with E-state index in [0.717, 1.165) is 6.07 Å². The van der Waals surface area contributed by atoms with Crippen LogP contribution in [-0.2, 0) is 6.18 Å². The Kier molecular flexibility index (Phi) is 5.55. The molecule has 1 atom stereocenters. The Labute approximate surface area is 102 Å². The molecule has 2 nitrogen and oxygen atoms in total. The molecular weight excluding hydrogens is 264 g/mol. The van der Waals surface area contributed by atoms with Crippen LogP contribution in [0.4, 0.5) is 13.2 Å². The molecule has 1 rings (SSSR count). The van der Waals surface area contributed by atoms with Gasteiger partial charge in [0, 0.05) is 17.6 Å². The molecule has 1 aromatic carbocycles. The first-order valence-electron chi connectivity index (χ1n) is 4.18. The maximum Gasteiger partial charge on any atom is 0.416 e. The first kappa shape index (κ1) is 15.5. The molecule has 0 aliphatic heterocycles. The van der Waals surface area contributed by atoms with Crippen molar-refractivity contribution in [3.8, 4) is 0 Å². The third-order valence-corrected chi connectivity index (χ3v) is 2.21. The predicted molar refractivity (Wildman–Crippen MR) is 59.7 cm³/mol. The van der Waals surface area contributed by atoms with E-state index >= 15 is 0 Å².